The van der Waals surface area contributed by atoms with Crippen LogP contribution in [0.25, 0.3) is 10.9 Å². The molecule has 0 saturated carbocycles. The number of ether oxygens (including phenoxy) is 1. The number of H-pyrrole nitrogens is 1. The van der Waals surface area contributed by atoms with Gasteiger partial charge in [-0.05, 0) is 31.2 Å². The minimum Gasteiger partial charge on any atom is -0.461 e. The topological polar surface area (TPSA) is 118 Å². The standard InChI is InChI=1S/C18H19N5O4/c1-4-27-18(26)14-8-11-7-12(5-6-13(11)21-14)20-17(25)16-22-15(9-23(16)3)19-10(2)24/h5-9,21H,4H2,1-3H3,(H,19,24)(H,20,25). The van der Waals surface area contributed by atoms with Crippen molar-refractivity contribution in [3.63, 3.8) is 0 Å². The monoisotopic (exact) mass is 369 g/mol. The van der Waals surface area contributed by atoms with Gasteiger partial charge in [0.25, 0.3) is 5.91 Å². The third kappa shape index (κ3) is 3.97. The van der Waals surface area contributed by atoms with E-state index in [1.54, 1.807) is 44.4 Å². The van der Waals surface area contributed by atoms with Gasteiger partial charge < -0.3 is 24.9 Å². The van der Waals surface area contributed by atoms with Gasteiger partial charge in [0.15, 0.2) is 5.82 Å². The van der Waals surface area contributed by atoms with Gasteiger partial charge in [-0.25, -0.2) is 9.78 Å². The molecule has 0 aliphatic heterocycles. The molecule has 0 saturated heterocycles. The Labute approximate surface area is 154 Å². The number of hydrogen-bond acceptors (Lipinski definition) is 5. The fourth-order valence-corrected chi connectivity index (χ4v) is 2.63. The van der Waals surface area contributed by atoms with Crippen LogP contribution in [0.15, 0.2) is 30.5 Å². The van der Waals surface area contributed by atoms with E-state index >= 15 is 0 Å². The van der Waals surface area contributed by atoms with Crippen LogP contribution in [0.4, 0.5) is 11.5 Å². The molecule has 0 atom stereocenters. The van der Waals surface area contributed by atoms with Crippen molar-refractivity contribution in [2.75, 3.05) is 17.2 Å². The highest BCUT2D eigenvalue weighted by Gasteiger charge is 2.16. The van der Waals surface area contributed by atoms with Crippen LogP contribution in [-0.2, 0) is 16.6 Å². The van der Waals surface area contributed by atoms with Crippen LogP contribution < -0.4 is 10.6 Å². The second-order valence-corrected chi connectivity index (χ2v) is 5.90. The molecule has 3 N–H and O–H groups in total. The van der Waals surface area contributed by atoms with Crippen LogP contribution in [0.1, 0.15) is 35.0 Å². The number of amides is 2. The Bertz CT molecular complexity index is 1030. The average Bonchev–Trinajstić information content (AvgIpc) is 3.17. The number of esters is 1. The first-order valence-electron chi connectivity index (χ1n) is 8.29. The highest BCUT2D eigenvalue weighted by Crippen LogP contribution is 2.21. The zero-order valence-electron chi connectivity index (χ0n) is 15.1. The number of hydrogen-bond donors (Lipinski definition) is 3. The van der Waals surface area contributed by atoms with Crippen molar-refractivity contribution < 1.29 is 19.1 Å². The smallest absolute Gasteiger partial charge is 0.354 e. The first-order valence-corrected chi connectivity index (χ1v) is 8.29. The molecular formula is C18H19N5O4. The van der Waals surface area contributed by atoms with Gasteiger partial charge in [-0.15, -0.1) is 0 Å². The van der Waals surface area contributed by atoms with Crippen LogP contribution in [0.5, 0.6) is 0 Å². The van der Waals surface area contributed by atoms with Gasteiger partial charge in [0.2, 0.25) is 11.7 Å². The molecule has 0 fully saturated rings. The van der Waals surface area contributed by atoms with Crippen LogP contribution in [0.3, 0.4) is 0 Å². The number of imidazole rings is 1. The third-order valence-electron chi connectivity index (χ3n) is 3.76. The lowest BCUT2D eigenvalue weighted by Gasteiger charge is -2.05. The van der Waals surface area contributed by atoms with Gasteiger partial charge in [-0.2, -0.15) is 0 Å². The minimum absolute atomic E-state index is 0.153. The number of benzene rings is 1. The molecule has 27 heavy (non-hydrogen) atoms. The molecule has 3 rings (SSSR count). The van der Waals surface area contributed by atoms with Crippen molar-refractivity contribution >= 4 is 40.2 Å². The molecule has 9 nitrogen and oxygen atoms in total. The molecule has 0 unspecified atom stereocenters. The van der Waals surface area contributed by atoms with Gasteiger partial charge in [0.1, 0.15) is 5.69 Å². The molecule has 2 heterocycles. The summed E-state index contributed by atoms with van der Waals surface area (Å²) in [4.78, 5) is 42.5. The summed E-state index contributed by atoms with van der Waals surface area (Å²) in [6.45, 7) is 3.40. The lowest BCUT2D eigenvalue weighted by molar-refractivity contribution is -0.114. The first kappa shape index (κ1) is 18.2. The van der Waals surface area contributed by atoms with E-state index in [4.69, 9.17) is 4.74 Å². The average molecular weight is 369 g/mol. The fraction of sp³-hybridized carbons (Fsp3) is 0.222. The molecule has 0 aliphatic carbocycles. The second kappa shape index (κ2) is 7.32. The summed E-state index contributed by atoms with van der Waals surface area (Å²) < 4.78 is 6.49. The molecule has 9 heteroatoms. The van der Waals surface area contributed by atoms with Crippen molar-refractivity contribution in [2.45, 2.75) is 13.8 Å². The molecule has 140 valence electrons. The largest absolute Gasteiger partial charge is 0.461 e. The van der Waals surface area contributed by atoms with Crippen molar-refractivity contribution in [2.24, 2.45) is 7.05 Å². The maximum absolute atomic E-state index is 12.5. The number of fused-ring (bicyclic) bond motifs is 1. The zero-order valence-corrected chi connectivity index (χ0v) is 15.1. The summed E-state index contributed by atoms with van der Waals surface area (Å²) in [5.41, 5.74) is 1.64. The number of carbonyl (C=O) groups excluding carboxylic acids is 3. The Hall–Kier alpha value is -3.62. The Morgan fingerprint density at radius 3 is 2.70 bits per heavy atom. The van der Waals surface area contributed by atoms with Gasteiger partial charge in [-0.1, -0.05) is 0 Å². The molecule has 0 radical (unpaired) electrons. The highest BCUT2D eigenvalue weighted by molar-refractivity contribution is 6.04. The van der Waals surface area contributed by atoms with Crippen LogP contribution in [-0.4, -0.2) is 38.9 Å². The van der Waals surface area contributed by atoms with Gasteiger partial charge in [-0.3, -0.25) is 9.59 Å². The predicted octanol–water partition coefficient (Wildman–Crippen LogP) is 2.29. The molecule has 1 aromatic carbocycles. The summed E-state index contributed by atoms with van der Waals surface area (Å²) in [5, 5.41) is 6.05. The molecule has 2 aromatic heterocycles. The van der Waals surface area contributed by atoms with Gasteiger partial charge in [0, 0.05) is 36.8 Å². The van der Waals surface area contributed by atoms with Crippen molar-refractivity contribution in [1.29, 1.82) is 0 Å². The number of aromatic nitrogens is 3. The second-order valence-electron chi connectivity index (χ2n) is 5.90. The zero-order chi connectivity index (χ0) is 19.6. The number of aromatic amines is 1. The van der Waals surface area contributed by atoms with Crippen LogP contribution >= 0.6 is 0 Å². The molecular weight excluding hydrogens is 350 g/mol. The fourth-order valence-electron chi connectivity index (χ4n) is 2.63. The maximum atomic E-state index is 12.5. The molecule has 2 amide bonds. The quantitative estimate of drug-likeness (QED) is 0.596. The van der Waals surface area contributed by atoms with Crippen LogP contribution in [0, 0.1) is 0 Å². The maximum Gasteiger partial charge on any atom is 0.354 e. The molecule has 3 aromatic rings. The van der Waals surface area contributed by atoms with Crippen molar-refractivity contribution in [3.05, 3.63) is 42.0 Å². The first-order chi connectivity index (χ1) is 12.9. The van der Waals surface area contributed by atoms with E-state index in [0.717, 1.165) is 10.9 Å². The normalized spacial score (nSPS) is 10.6. The van der Waals surface area contributed by atoms with Gasteiger partial charge in [0.05, 0.1) is 6.61 Å². The summed E-state index contributed by atoms with van der Waals surface area (Å²) >= 11 is 0. The number of rotatable bonds is 5. The van der Waals surface area contributed by atoms with E-state index < -0.39 is 11.9 Å². The lowest BCUT2D eigenvalue weighted by atomic mass is 10.2. The van der Waals surface area contributed by atoms with E-state index in [0.29, 0.717) is 23.8 Å². The third-order valence-corrected chi connectivity index (χ3v) is 3.76. The van der Waals surface area contributed by atoms with E-state index in [2.05, 4.69) is 20.6 Å². The number of nitrogens with one attached hydrogen (secondary N) is 3. The number of anilines is 2. The Balaban J connectivity index is 1.80. The number of nitrogens with zero attached hydrogens (tertiary/aromatic N) is 2. The van der Waals surface area contributed by atoms with Crippen molar-refractivity contribution in [1.82, 2.24) is 14.5 Å². The SMILES string of the molecule is CCOC(=O)c1cc2cc(NC(=O)c3nc(NC(C)=O)cn3C)ccc2[nH]1. The number of carbonyl (C=O) groups is 3. The highest BCUT2D eigenvalue weighted by atomic mass is 16.5. The Morgan fingerprint density at radius 2 is 2.00 bits per heavy atom. The van der Waals surface area contributed by atoms with Crippen molar-refractivity contribution in [3.8, 4) is 0 Å². The molecule has 0 spiro atoms. The predicted molar refractivity (Wildman–Crippen MR) is 99.7 cm³/mol. The van der Waals surface area contributed by atoms with Gasteiger partial charge >= 0.3 is 5.97 Å². The van der Waals surface area contributed by atoms with E-state index in [9.17, 15) is 14.4 Å². The van der Waals surface area contributed by atoms with E-state index in [-0.39, 0.29) is 11.7 Å². The summed E-state index contributed by atoms with van der Waals surface area (Å²) in [7, 11) is 1.66. The van der Waals surface area contributed by atoms with E-state index in [1.807, 2.05) is 0 Å². The Kier molecular flexibility index (Phi) is 4.93. The molecule has 0 bridgehead atoms. The summed E-state index contributed by atoms with van der Waals surface area (Å²) in [6.07, 6.45) is 1.55. The molecule has 0 aliphatic rings. The van der Waals surface area contributed by atoms with Crippen LogP contribution in [0.2, 0.25) is 0 Å². The summed E-state index contributed by atoms with van der Waals surface area (Å²) in [5.74, 6) is -0.668. The minimum atomic E-state index is -0.433. The Morgan fingerprint density at radius 1 is 1.22 bits per heavy atom. The van der Waals surface area contributed by atoms with E-state index in [1.165, 1.54) is 11.5 Å². The number of aryl methyl sites for hydroxylation is 1. The summed E-state index contributed by atoms with van der Waals surface area (Å²) in [6, 6.07) is 6.88. The lowest BCUT2D eigenvalue weighted by Crippen LogP contribution is -2.16.